The van der Waals surface area contributed by atoms with Gasteiger partial charge in [0, 0.05) is 20.0 Å². The number of hydrogen-bond acceptors (Lipinski definition) is 6. The fourth-order valence-electron chi connectivity index (χ4n) is 3.01. The monoisotopic (exact) mass is 391 g/mol. The Morgan fingerprint density at radius 3 is 1.70 bits per heavy atom. The molecule has 0 aliphatic rings. The molecule has 4 atom stereocenters. The summed E-state index contributed by atoms with van der Waals surface area (Å²) >= 11 is 0. The Balaban J connectivity index is 3.83. The molecule has 0 aromatic carbocycles. The zero-order valence-electron chi connectivity index (χ0n) is 17.1. The van der Waals surface area contributed by atoms with Crippen LogP contribution in [0.15, 0.2) is 0 Å². The molecule has 7 nitrogen and oxygen atoms in total. The van der Waals surface area contributed by atoms with E-state index in [1.54, 1.807) is 0 Å². The maximum atomic E-state index is 12.1. The summed E-state index contributed by atoms with van der Waals surface area (Å²) in [6.45, 7) is 1.35. The molecular weight excluding hydrogens is 350 g/mol. The average molecular weight is 392 g/mol. The normalized spacial score (nSPS) is 16.0. The van der Waals surface area contributed by atoms with E-state index in [1.807, 2.05) is 0 Å². The van der Waals surface area contributed by atoms with Gasteiger partial charge < -0.3 is 30.4 Å². The lowest BCUT2D eigenvalue weighted by Crippen LogP contribution is -2.49. The summed E-state index contributed by atoms with van der Waals surface area (Å²) in [5, 5.41) is 47.3. The number of likely N-dealkylation sites (N-methyl/N-ethyl adjacent to an activating group) is 1. The van der Waals surface area contributed by atoms with Gasteiger partial charge in [-0.3, -0.25) is 4.79 Å². The van der Waals surface area contributed by atoms with Crippen LogP contribution in [-0.4, -0.2) is 81.0 Å². The summed E-state index contributed by atoms with van der Waals surface area (Å²) in [4.78, 5) is 13.4. The minimum atomic E-state index is -1.67. The van der Waals surface area contributed by atoms with Crippen molar-refractivity contribution in [3.05, 3.63) is 0 Å². The molecule has 1 amide bonds. The molecule has 27 heavy (non-hydrogen) atoms. The second kappa shape index (κ2) is 16.2. The Morgan fingerprint density at radius 1 is 0.778 bits per heavy atom. The van der Waals surface area contributed by atoms with Gasteiger partial charge in [-0.15, -0.1) is 0 Å². The third kappa shape index (κ3) is 12.4. The molecule has 0 aromatic heterocycles. The van der Waals surface area contributed by atoms with Crippen LogP contribution < -0.4 is 0 Å². The van der Waals surface area contributed by atoms with Crippen molar-refractivity contribution >= 4 is 5.91 Å². The van der Waals surface area contributed by atoms with Gasteiger partial charge in [0.25, 0.3) is 0 Å². The van der Waals surface area contributed by atoms with E-state index in [2.05, 4.69) is 6.92 Å². The SMILES string of the molecule is CCCCCCCCCCCCC(=O)N(C)C[C@H](O)[C@@H](O)[C@H](O)[C@H](O)CO. The fourth-order valence-corrected chi connectivity index (χ4v) is 3.01. The highest BCUT2D eigenvalue weighted by molar-refractivity contribution is 5.75. The van der Waals surface area contributed by atoms with E-state index in [0.717, 1.165) is 19.3 Å². The van der Waals surface area contributed by atoms with Crippen molar-refractivity contribution in [1.29, 1.82) is 0 Å². The first-order valence-corrected chi connectivity index (χ1v) is 10.4. The third-order valence-corrected chi connectivity index (χ3v) is 4.96. The van der Waals surface area contributed by atoms with E-state index in [0.29, 0.717) is 6.42 Å². The maximum absolute atomic E-state index is 12.1. The van der Waals surface area contributed by atoms with Crippen molar-refractivity contribution in [2.75, 3.05) is 20.2 Å². The molecule has 0 aliphatic heterocycles. The lowest BCUT2D eigenvalue weighted by Gasteiger charge is -2.28. The fraction of sp³-hybridized carbons (Fsp3) is 0.950. The van der Waals surface area contributed by atoms with Crippen molar-refractivity contribution in [3.63, 3.8) is 0 Å². The summed E-state index contributed by atoms with van der Waals surface area (Å²) < 4.78 is 0. The molecular formula is C20H41NO6. The van der Waals surface area contributed by atoms with Crippen LogP contribution in [-0.2, 0) is 4.79 Å². The van der Waals surface area contributed by atoms with Crippen LogP contribution in [0.1, 0.15) is 77.6 Å². The number of aliphatic hydroxyl groups excluding tert-OH is 5. The number of nitrogens with zero attached hydrogens (tertiary/aromatic N) is 1. The van der Waals surface area contributed by atoms with E-state index in [9.17, 15) is 25.2 Å². The average Bonchev–Trinajstić information content (AvgIpc) is 2.67. The zero-order valence-corrected chi connectivity index (χ0v) is 17.1. The molecule has 7 heteroatoms. The third-order valence-electron chi connectivity index (χ3n) is 4.96. The van der Waals surface area contributed by atoms with E-state index >= 15 is 0 Å². The van der Waals surface area contributed by atoms with Crippen LogP contribution in [0.4, 0.5) is 0 Å². The van der Waals surface area contributed by atoms with Crippen LogP contribution in [0.2, 0.25) is 0 Å². The van der Waals surface area contributed by atoms with Gasteiger partial charge in [-0.05, 0) is 6.42 Å². The number of rotatable bonds is 17. The van der Waals surface area contributed by atoms with Crippen molar-refractivity contribution in [2.24, 2.45) is 0 Å². The van der Waals surface area contributed by atoms with Crippen LogP contribution in [0.5, 0.6) is 0 Å². The molecule has 0 bridgehead atoms. The summed E-state index contributed by atoms with van der Waals surface area (Å²) in [5.74, 6) is -0.127. The first kappa shape index (κ1) is 26.3. The minimum absolute atomic E-state index is 0.127. The van der Waals surface area contributed by atoms with Gasteiger partial charge in [0.15, 0.2) is 0 Å². The standard InChI is InChI=1S/C20H41NO6/c1-3-4-5-6-7-8-9-10-11-12-13-18(25)21(2)14-16(23)19(26)20(27)17(24)15-22/h16-17,19-20,22-24,26-27H,3-15H2,1-2H3/t16-,17+,19+,20+/m0/s1. The molecule has 0 rings (SSSR count). The summed E-state index contributed by atoms with van der Waals surface area (Å²) in [6.07, 6.45) is 6.03. The Labute approximate surface area is 164 Å². The molecule has 0 radical (unpaired) electrons. The smallest absolute Gasteiger partial charge is 0.222 e. The lowest BCUT2D eigenvalue weighted by atomic mass is 10.0. The van der Waals surface area contributed by atoms with Gasteiger partial charge in [0.2, 0.25) is 5.91 Å². The molecule has 0 aliphatic carbocycles. The molecule has 5 N–H and O–H groups in total. The second-order valence-corrected chi connectivity index (χ2v) is 7.50. The van der Waals surface area contributed by atoms with Crippen molar-refractivity contribution in [2.45, 2.75) is 102 Å². The van der Waals surface area contributed by atoms with E-state index in [1.165, 1.54) is 56.9 Å². The number of hydrogen-bond donors (Lipinski definition) is 5. The van der Waals surface area contributed by atoms with Crippen molar-refractivity contribution < 1.29 is 30.3 Å². The quantitative estimate of drug-likeness (QED) is 0.238. The summed E-state index contributed by atoms with van der Waals surface area (Å²) in [5.41, 5.74) is 0. The van der Waals surface area contributed by atoms with Gasteiger partial charge in [-0.25, -0.2) is 0 Å². The second-order valence-electron chi connectivity index (χ2n) is 7.50. The summed E-state index contributed by atoms with van der Waals surface area (Å²) in [7, 11) is 1.53. The first-order valence-electron chi connectivity index (χ1n) is 10.4. The maximum Gasteiger partial charge on any atom is 0.222 e. The first-order chi connectivity index (χ1) is 12.8. The number of carbonyl (C=O) groups is 1. The van der Waals surface area contributed by atoms with E-state index in [4.69, 9.17) is 5.11 Å². The largest absolute Gasteiger partial charge is 0.394 e. The van der Waals surface area contributed by atoms with Crippen molar-refractivity contribution in [1.82, 2.24) is 4.90 Å². The predicted molar refractivity (Wildman–Crippen MR) is 105 cm³/mol. The Hall–Kier alpha value is -0.730. The Morgan fingerprint density at radius 2 is 1.22 bits per heavy atom. The van der Waals surface area contributed by atoms with Gasteiger partial charge in [-0.1, -0.05) is 64.7 Å². The molecule has 0 fully saturated rings. The van der Waals surface area contributed by atoms with Crippen LogP contribution >= 0.6 is 0 Å². The minimum Gasteiger partial charge on any atom is -0.394 e. The number of aliphatic hydroxyl groups is 5. The molecule has 0 spiro atoms. The number of carbonyl (C=O) groups excluding carboxylic acids is 1. The highest BCUT2D eigenvalue weighted by Crippen LogP contribution is 2.12. The predicted octanol–water partition coefficient (Wildman–Crippen LogP) is 1.19. The van der Waals surface area contributed by atoms with Gasteiger partial charge in [0.05, 0.1) is 6.61 Å². The molecule has 0 saturated carbocycles. The lowest BCUT2D eigenvalue weighted by molar-refractivity contribution is -0.138. The molecule has 0 aromatic rings. The molecule has 0 saturated heterocycles. The van der Waals surface area contributed by atoms with Gasteiger partial charge >= 0.3 is 0 Å². The number of amides is 1. The van der Waals surface area contributed by atoms with E-state index in [-0.39, 0.29) is 12.5 Å². The van der Waals surface area contributed by atoms with Crippen LogP contribution in [0.3, 0.4) is 0 Å². The van der Waals surface area contributed by atoms with E-state index < -0.39 is 31.0 Å². The zero-order chi connectivity index (χ0) is 20.7. The highest BCUT2D eigenvalue weighted by atomic mass is 16.4. The van der Waals surface area contributed by atoms with Gasteiger partial charge in [-0.2, -0.15) is 0 Å². The van der Waals surface area contributed by atoms with Crippen LogP contribution in [0.25, 0.3) is 0 Å². The topological polar surface area (TPSA) is 121 Å². The molecule has 0 heterocycles. The summed E-state index contributed by atoms with van der Waals surface area (Å²) in [6, 6.07) is 0. The van der Waals surface area contributed by atoms with Gasteiger partial charge in [0.1, 0.15) is 24.4 Å². The number of unbranched alkanes of at least 4 members (excludes halogenated alkanes) is 9. The van der Waals surface area contributed by atoms with Crippen molar-refractivity contribution in [3.8, 4) is 0 Å². The highest BCUT2D eigenvalue weighted by Gasteiger charge is 2.31. The Bertz CT molecular complexity index is 368. The molecule has 0 unspecified atom stereocenters. The van der Waals surface area contributed by atoms with Crippen LogP contribution in [0, 0.1) is 0 Å². The molecule has 162 valence electrons. The Kier molecular flexibility index (Phi) is 15.8.